The van der Waals surface area contributed by atoms with E-state index in [1.807, 2.05) is 11.3 Å². The van der Waals surface area contributed by atoms with Gasteiger partial charge in [0.25, 0.3) is 0 Å². The Hall–Kier alpha value is -0.380. The molecule has 0 aliphatic carbocycles. The molecule has 1 aromatic rings. The molecule has 0 unspecified atom stereocenters. The summed E-state index contributed by atoms with van der Waals surface area (Å²) in [4.78, 5) is 2.83. The van der Waals surface area contributed by atoms with Gasteiger partial charge < -0.3 is 9.59 Å². The van der Waals surface area contributed by atoms with Gasteiger partial charge in [0, 0.05) is 16.2 Å². The van der Waals surface area contributed by atoms with E-state index in [9.17, 15) is 0 Å². The van der Waals surface area contributed by atoms with Crippen molar-refractivity contribution >= 4 is 11.3 Å². The molecule has 1 rings (SSSR count). The zero-order valence-electron chi connectivity index (χ0n) is 9.29. The van der Waals surface area contributed by atoms with Crippen LogP contribution in [0.4, 0.5) is 0 Å². The van der Waals surface area contributed by atoms with Crippen LogP contribution in [0.25, 0.3) is 0 Å². The molecule has 0 fully saturated rings. The lowest BCUT2D eigenvalue weighted by molar-refractivity contribution is -0.890. The van der Waals surface area contributed by atoms with Gasteiger partial charge in [0.15, 0.2) is 0 Å². The fourth-order valence-electron chi connectivity index (χ4n) is 1.41. The molecule has 80 valence electrons. The minimum atomic E-state index is 0.274. The molecule has 0 radical (unpaired) electrons. The maximum absolute atomic E-state index is 8.89. The van der Waals surface area contributed by atoms with E-state index in [1.165, 1.54) is 9.75 Å². The highest BCUT2D eigenvalue weighted by atomic mass is 32.1. The van der Waals surface area contributed by atoms with Gasteiger partial charge in [0.2, 0.25) is 0 Å². The molecular weight excluding hydrogens is 194 g/mol. The molecular formula is C11H20NOS+. The van der Waals surface area contributed by atoms with Crippen LogP contribution in [0.1, 0.15) is 9.75 Å². The van der Waals surface area contributed by atoms with E-state index in [0.29, 0.717) is 0 Å². The Bertz CT molecular complexity index is 281. The van der Waals surface area contributed by atoms with Crippen molar-refractivity contribution in [2.24, 2.45) is 0 Å². The zero-order chi connectivity index (χ0) is 10.6. The number of nitrogens with zero attached hydrogens (tertiary/aromatic N) is 1. The number of likely N-dealkylation sites (N-methyl/N-ethyl adjacent to an activating group) is 1. The van der Waals surface area contributed by atoms with Crippen LogP contribution in [-0.2, 0) is 6.42 Å². The summed E-state index contributed by atoms with van der Waals surface area (Å²) >= 11 is 1.87. The molecule has 3 heteroatoms. The number of aryl methyl sites for hydroxylation is 1. The molecule has 1 heterocycles. The van der Waals surface area contributed by atoms with Crippen LogP contribution < -0.4 is 0 Å². The summed E-state index contributed by atoms with van der Waals surface area (Å²) in [5.41, 5.74) is 0. The quantitative estimate of drug-likeness (QED) is 0.739. The second kappa shape index (κ2) is 4.91. The van der Waals surface area contributed by atoms with E-state index in [4.69, 9.17) is 5.11 Å². The zero-order valence-corrected chi connectivity index (χ0v) is 10.1. The Morgan fingerprint density at radius 3 is 2.50 bits per heavy atom. The van der Waals surface area contributed by atoms with E-state index in [0.717, 1.165) is 24.0 Å². The van der Waals surface area contributed by atoms with E-state index < -0.39 is 0 Å². The van der Waals surface area contributed by atoms with Gasteiger partial charge in [-0.3, -0.25) is 0 Å². The maximum atomic E-state index is 8.89. The fraction of sp³-hybridized carbons (Fsp3) is 0.636. The van der Waals surface area contributed by atoms with Crippen LogP contribution in [-0.4, -0.2) is 43.4 Å². The monoisotopic (exact) mass is 214 g/mol. The van der Waals surface area contributed by atoms with E-state index in [1.54, 1.807) is 0 Å². The Morgan fingerprint density at radius 2 is 2.00 bits per heavy atom. The van der Waals surface area contributed by atoms with Gasteiger partial charge >= 0.3 is 0 Å². The van der Waals surface area contributed by atoms with Crippen molar-refractivity contribution in [2.75, 3.05) is 33.8 Å². The molecule has 0 aliphatic rings. The maximum Gasteiger partial charge on any atom is 0.102 e. The minimum absolute atomic E-state index is 0.274. The summed E-state index contributed by atoms with van der Waals surface area (Å²) in [5.74, 6) is 0. The molecule has 0 spiro atoms. The standard InChI is InChI=1S/C11H20NOS/c1-10-4-5-11(14-10)6-7-12(2,3)8-9-13/h4-5,13H,6-9H2,1-3H3/q+1. The first-order chi connectivity index (χ1) is 6.53. The van der Waals surface area contributed by atoms with Crippen molar-refractivity contribution in [1.82, 2.24) is 0 Å². The minimum Gasteiger partial charge on any atom is -0.391 e. The molecule has 1 aromatic heterocycles. The predicted octanol–water partition coefficient (Wildman–Crippen LogP) is 1.67. The first-order valence-corrected chi connectivity index (χ1v) is 5.83. The van der Waals surface area contributed by atoms with Gasteiger partial charge in [-0.2, -0.15) is 0 Å². The molecule has 14 heavy (non-hydrogen) atoms. The summed E-state index contributed by atoms with van der Waals surface area (Å²) in [5, 5.41) is 8.89. The number of hydrogen-bond acceptors (Lipinski definition) is 2. The second-order valence-corrected chi connectivity index (χ2v) is 5.74. The molecule has 2 nitrogen and oxygen atoms in total. The number of hydrogen-bond donors (Lipinski definition) is 1. The van der Waals surface area contributed by atoms with Gasteiger partial charge in [0.1, 0.15) is 6.54 Å². The highest BCUT2D eigenvalue weighted by molar-refractivity contribution is 7.11. The third-order valence-corrected chi connectivity index (χ3v) is 3.53. The largest absolute Gasteiger partial charge is 0.391 e. The summed E-state index contributed by atoms with van der Waals surface area (Å²) in [7, 11) is 4.33. The van der Waals surface area contributed by atoms with Crippen molar-refractivity contribution < 1.29 is 9.59 Å². The van der Waals surface area contributed by atoms with Gasteiger partial charge in [-0.25, -0.2) is 0 Å². The summed E-state index contributed by atoms with van der Waals surface area (Å²) in [6, 6.07) is 4.38. The smallest absolute Gasteiger partial charge is 0.102 e. The first kappa shape index (κ1) is 11.7. The summed E-state index contributed by atoms with van der Waals surface area (Å²) in [6.45, 7) is 4.35. The van der Waals surface area contributed by atoms with Crippen LogP contribution in [0.3, 0.4) is 0 Å². The van der Waals surface area contributed by atoms with Crippen LogP contribution in [0, 0.1) is 6.92 Å². The fourth-order valence-corrected chi connectivity index (χ4v) is 2.29. The summed E-state index contributed by atoms with van der Waals surface area (Å²) < 4.78 is 0.896. The number of aliphatic hydroxyl groups is 1. The number of aliphatic hydroxyl groups excluding tert-OH is 1. The van der Waals surface area contributed by atoms with Crippen LogP contribution in [0.2, 0.25) is 0 Å². The van der Waals surface area contributed by atoms with E-state index >= 15 is 0 Å². The van der Waals surface area contributed by atoms with Crippen molar-refractivity contribution in [1.29, 1.82) is 0 Å². The van der Waals surface area contributed by atoms with Gasteiger partial charge in [0.05, 0.1) is 27.2 Å². The van der Waals surface area contributed by atoms with E-state index in [-0.39, 0.29) is 6.61 Å². The van der Waals surface area contributed by atoms with E-state index in [2.05, 4.69) is 33.2 Å². The second-order valence-electron chi connectivity index (χ2n) is 4.37. The predicted molar refractivity (Wildman–Crippen MR) is 61.7 cm³/mol. The van der Waals surface area contributed by atoms with Gasteiger partial charge in [-0.05, 0) is 19.1 Å². The Kier molecular flexibility index (Phi) is 4.11. The van der Waals surface area contributed by atoms with Crippen LogP contribution in [0.5, 0.6) is 0 Å². The van der Waals surface area contributed by atoms with Gasteiger partial charge in [-0.15, -0.1) is 11.3 Å². The Morgan fingerprint density at radius 1 is 1.29 bits per heavy atom. The van der Waals surface area contributed by atoms with Crippen molar-refractivity contribution in [3.8, 4) is 0 Å². The Labute approximate surface area is 90.4 Å². The van der Waals surface area contributed by atoms with Crippen molar-refractivity contribution in [2.45, 2.75) is 13.3 Å². The average molecular weight is 214 g/mol. The molecule has 0 aliphatic heterocycles. The lowest BCUT2D eigenvalue weighted by atomic mass is 10.3. The van der Waals surface area contributed by atoms with Crippen molar-refractivity contribution in [3.63, 3.8) is 0 Å². The molecule has 1 N–H and O–H groups in total. The first-order valence-electron chi connectivity index (χ1n) is 5.02. The third-order valence-electron chi connectivity index (χ3n) is 2.46. The number of thiophene rings is 1. The third kappa shape index (κ3) is 3.78. The normalized spacial score (nSPS) is 12.0. The van der Waals surface area contributed by atoms with Gasteiger partial charge in [-0.1, -0.05) is 0 Å². The average Bonchev–Trinajstić information content (AvgIpc) is 2.48. The molecule has 0 saturated carbocycles. The SMILES string of the molecule is Cc1ccc(CC[N+](C)(C)CCO)s1. The number of quaternary nitrogens is 1. The highest BCUT2D eigenvalue weighted by Gasteiger charge is 2.13. The van der Waals surface area contributed by atoms with Crippen LogP contribution >= 0.6 is 11.3 Å². The molecule has 0 amide bonds. The number of rotatable bonds is 5. The molecule has 0 aromatic carbocycles. The lowest BCUT2D eigenvalue weighted by Gasteiger charge is -2.28. The van der Waals surface area contributed by atoms with Crippen molar-refractivity contribution in [3.05, 3.63) is 21.9 Å². The lowest BCUT2D eigenvalue weighted by Crippen LogP contribution is -2.43. The highest BCUT2D eigenvalue weighted by Crippen LogP contribution is 2.16. The Balaban J connectivity index is 2.40. The molecule has 0 bridgehead atoms. The topological polar surface area (TPSA) is 20.2 Å². The molecule has 0 atom stereocenters. The summed E-state index contributed by atoms with van der Waals surface area (Å²) in [6.07, 6.45) is 1.12. The molecule has 0 saturated heterocycles. The van der Waals surface area contributed by atoms with Crippen LogP contribution in [0.15, 0.2) is 12.1 Å².